The molecule has 0 fully saturated rings. The quantitative estimate of drug-likeness (QED) is 0.869. The summed E-state index contributed by atoms with van der Waals surface area (Å²) in [6, 6.07) is 5.02. The monoisotopic (exact) mass is 277 g/mol. The summed E-state index contributed by atoms with van der Waals surface area (Å²) in [5.41, 5.74) is 0.451. The zero-order chi connectivity index (χ0) is 14.9. The van der Waals surface area contributed by atoms with Gasteiger partial charge in [-0.2, -0.15) is 0 Å². The molecule has 0 saturated heterocycles. The molecule has 0 saturated carbocycles. The molecule has 0 atom stereocenters. The van der Waals surface area contributed by atoms with Gasteiger partial charge in [0.15, 0.2) is 17.3 Å². The molecular weight excluding hydrogens is 265 g/mol. The van der Waals surface area contributed by atoms with Gasteiger partial charge in [-0.05, 0) is 24.3 Å². The van der Waals surface area contributed by atoms with Gasteiger partial charge >= 0.3 is 5.97 Å². The average Bonchev–Trinajstić information content (AvgIpc) is 2.80. The van der Waals surface area contributed by atoms with Crippen molar-refractivity contribution in [1.29, 1.82) is 0 Å². The molecule has 0 aliphatic rings. The third kappa shape index (κ3) is 2.40. The number of carboxylic acids is 1. The maximum Gasteiger partial charge on any atom is 0.352 e. The number of rotatable bonds is 4. The molecule has 0 unspecified atom stereocenters. The number of nitrogens with zero attached hydrogens (tertiary/aromatic N) is 1. The molecule has 104 valence electrons. The Balaban J connectivity index is 2.41. The summed E-state index contributed by atoms with van der Waals surface area (Å²) < 4.78 is 19.4. The van der Waals surface area contributed by atoms with Gasteiger partial charge in [-0.25, -0.2) is 9.18 Å². The highest BCUT2D eigenvalue weighted by molar-refractivity contribution is 6.10. The van der Waals surface area contributed by atoms with Crippen molar-refractivity contribution < 1.29 is 23.8 Å². The number of ether oxygens (including phenoxy) is 1. The van der Waals surface area contributed by atoms with Gasteiger partial charge in [0.05, 0.1) is 7.11 Å². The lowest BCUT2D eigenvalue weighted by atomic mass is 10.1. The van der Waals surface area contributed by atoms with Crippen LogP contribution in [0.2, 0.25) is 0 Å². The minimum atomic E-state index is -1.12. The number of carboxylic acid groups (broad SMARTS) is 1. The van der Waals surface area contributed by atoms with E-state index >= 15 is 0 Å². The molecule has 0 amide bonds. The number of hydrogen-bond acceptors (Lipinski definition) is 3. The maximum absolute atomic E-state index is 13.3. The third-order valence-electron chi connectivity index (χ3n) is 2.90. The number of halogens is 1. The smallest absolute Gasteiger partial charge is 0.352 e. The van der Waals surface area contributed by atoms with E-state index in [-0.39, 0.29) is 22.6 Å². The summed E-state index contributed by atoms with van der Waals surface area (Å²) in [6.45, 7) is 0. The van der Waals surface area contributed by atoms with E-state index < -0.39 is 17.6 Å². The van der Waals surface area contributed by atoms with Crippen molar-refractivity contribution in [2.24, 2.45) is 7.05 Å². The van der Waals surface area contributed by atoms with Gasteiger partial charge in [-0.1, -0.05) is 0 Å². The molecule has 2 aromatic rings. The Labute approximate surface area is 114 Å². The lowest BCUT2D eigenvalue weighted by Gasteiger charge is -2.04. The molecule has 1 N–H and O–H groups in total. The van der Waals surface area contributed by atoms with E-state index in [9.17, 15) is 14.0 Å². The van der Waals surface area contributed by atoms with Crippen LogP contribution in [0.3, 0.4) is 0 Å². The van der Waals surface area contributed by atoms with Gasteiger partial charge in [-0.15, -0.1) is 0 Å². The predicted molar refractivity (Wildman–Crippen MR) is 68.8 cm³/mol. The standard InChI is InChI=1S/C14H12FNO4/c1-16-7-9(5-11(16)14(18)19)13(17)8-3-4-10(15)12(6-8)20-2/h3-7H,1-2H3,(H,18,19). The van der Waals surface area contributed by atoms with Gasteiger partial charge in [0.25, 0.3) is 0 Å². The normalized spacial score (nSPS) is 10.3. The van der Waals surface area contributed by atoms with Crippen LogP contribution in [-0.2, 0) is 7.05 Å². The number of hydrogen-bond donors (Lipinski definition) is 1. The Morgan fingerprint density at radius 2 is 1.95 bits per heavy atom. The highest BCUT2D eigenvalue weighted by atomic mass is 19.1. The Bertz CT molecular complexity index is 690. The number of aromatic nitrogens is 1. The summed E-state index contributed by atoms with van der Waals surface area (Å²) in [5, 5.41) is 8.95. The van der Waals surface area contributed by atoms with E-state index in [2.05, 4.69) is 0 Å². The molecule has 1 aromatic carbocycles. The Hall–Kier alpha value is -2.63. The van der Waals surface area contributed by atoms with Crippen LogP contribution < -0.4 is 4.74 Å². The first kappa shape index (κ1) is 13.8. The summed E-state index contributed by atoms with van der Waals surface area (Å²) in [7, 11) is 2.84. The number of benzene rings is 1. The molecule has 0 aliphatic carbocycles. The first-order chi connectivity index (χ1) is 9.43. The van der Waals surface area contributed by atoms with E-state index in [4.69, 9.17) is 9.84 Å². The van der Waals surface area contributed by atoms with E-state index in [1.165, 1.54) is 43.1 Å². The number of aromatic carboxylic acids is 1. The van der Waals surface area contributed by atoms with Crippen LogP contribution in [-0.4, -0.2) is 28.5 Å². The van der Waals surface area contributed by atoms with Gasteiger partial charge < -0.3 is 14.4 Å². The van der Waals surface area contributed by atoms with Crippen molar-refractivity contribution in [2.45, 2.75) is 0 Å². The Morgan fingerprint density at radius 3 is 2.50 bits per heavy atom. The zero-order valence-electron chi connectivity index (χ0n) is 10.9. The van der Waals surface area contributed by atoms with Crippen molar-refractivity contribution in [3.8, 4) is 5.75 Å². The van der Waals surface area contributed by atoms with E-state index in [1.54, 1.807) is 0 Å². The SMILES string of the molecule is COc1cc(C(=O)c2cc(C(=O)O)n(C)c2)ccc1F. The van der Waals surface area contributed by atoms with Crippen molar-refractivity contribution in [3.05, 3.63) is 53.1 Å². The fraction of sp³-hybridized carbons (Fsp3) is 0.143. The summed E-state index contributed by atoms with van der Waals surface area (Å²) >= 11 is 0. The van der Waals surface area contributed by atoms with Crippen molar-refractivity contribution in [1.82, 2.24) is 4.57 Å². The first-order valence-electron chi connectivity index (χ1n) is 5.72. The number of ketones is 1. The molecular formula is C14H12FNO4. The van der Waals surface area contributed by atoms with Crippen LogP contribution in [0.25, 0.3) is 0 Å². The van der Waals surface area contributed by atoms with Crippen molar-refractivity contribution >= 4 is 11.8 Å². The molecule has 5 nitrogen and oxygen atoms in total. The number of carbonyl (C=O) groups is 2. The van der Waals surface area contributed by atoms with E-state index in [1.807, 2.05) is 0 Å². The number of carbonyl (C=O) groups excluding carboxylic acids is 1. The van der Waals surface area contributed by atoms with Crippen LogP contribution >= 0.6 is 0 Å². The summed E-state index contributed by atoms with van der Waals surface area (Å²) in [4.78, 5) is 23.2. The van der Waals surface area contributed by atoms with Crippen LogP contribution in [0, 0.1) is 5.82 Å². The summed E-state index contributed by atoms with van der Waals surface area (Å²) in [5.74, 6) is -2.12. The molecule has 1 aromatic heterocycles. The van der Waals surface area contributed by atoms with E-state index in [0.29, 0.717) is 0 Å². The maximum atomic E-state index is 13.3. The second kappa shape index (κ2) is 5.16. The predicted octanol–water partition coefficient (Wildman–Crippen LogP) is 2.10. The molecule has 0 radical (unpaired) electrons. The van der Waals surface area contributed by atoms with Crippen molar-refractivity contribution in [3.63, 3.8) is 0 Å². The van der Waals surface area contributed by atoms with Crippen LogP contribution in [0.5, 0.6) is 5.75 Å². The largest absolute Gasteiger partial charge is 0.494 e. The zero-order valence-corrected chi connectivity index (χ0v) is 10.9. The van der Waals surface area contributed by atoms with Gasteiger partial charge in [0, 0.05) is 24.4 Å². The fourth-order valence-electron chi connectivity index (χ4n) is 1.87. The molecule has 0 aliphatic heterocycles. The molecule has 0 spiro atoms. The van der Waals surface area contributed by atoms with Crippen LogP contribution in [0.4, 0.5) is 4.39 Å². The second-order valence-corrected chi connectivity index (χ2v) is 4.21. The minimum Gasteiger partial charge on any atom is -0.494 e. The Kier molecular flexibility index (Phi) is 3.56. The van der Waals surface area contributed by atoms with E-state index in [0.717, 1.165) is 6.07 Å². The van der Waals surface area contributed by atoms with Gasteiger partial charge in [-0.3, -0.25) is 4.79 Å². The Morgan fingerprint density at radius 1 is 1.25 bits per heavy atom. The molecule has 20 heavy (non-hydrogen) atoms. The van der Waals surface area contributed by atoms with Gasteiger partial charge in [0.1, 0.15) is 5.69 Å². The fourth-order valence-corrected chi connectivity index (χ4v) is 1.87. The van der Waals surface area contributed by atoms with Gasteiger partial charge in [0.2, 0.25) is 0 Å². The lowest BCUT2D eigenvalue weighted by molar-refractivity contribution is 0.0686. The average molecular weight is 277 g/mol. The van der Waals surface area contributed by atoms with Crippen LogP contribution in [0.1, 0.15) is 26.4 Å². The molecule has 0 bridgehead atoms. The molecule has 6 heteroatoms. The highest BCUT2D eigenvalue weighted by Gasteiger charge is 2.17. The van der Waals surface area contributed by atoms with Crippen molar-refractivity contribution in [2.75, 3.05) is 7.11 Å². The third-order valence-corrected chi connectivity index (χ3v) is 2.90. The number of aryl methyl sites for hydroxylation is 1. The first-order valence-corrected chi connectivity index (χ1v) is 5.72. The molecule has 1 heterocycles. The lowest BCUT2D eigenvalue weighted by Crippen LogP contribution is -2.02. The summed E-state index contributed by atoms with van der Waals surface area (Å²) in [6.07, 6.45) is 1.42. The molecule has 2 rings (SSSR count). The topological polar surface area (TPSA) is 68.5 Å². The second-order valence-electron chi connectivity index (χ2n) is 4.21. The van der Waals surface area contributed by atoms with Crippen LogP contribution in [0.15, 0.2) is 30.5 Å². The minimum absolute atomic E-state index is 0.00225. The highest BCUT2D eigenvalue weighted by Crippen LogP contribution is 2.21. The number of methoxy groups -OCH3 is 1.